The highest BCUT2D eigenvalue weighted by Gasteiger charge is 1.99. The van der Waals surface area contributed by atoms with Gasteiger partial charge >= 0.3 is 0 Å². The molecule has 0 fully saturated rings. The molecule has 0 spiro atoms. The average molecular weight is 270 g/mol. The zero-order chi connectivity index (χ0) is 13.3. The highest BCUT2D eigenvalue weighted by atomic mass is 32.1. The first kappa shape index (κ1) is 13.7. The standard InChI is InChI=1S/C16H18N2S/c19-16(12-15-9-4-10-17-13-15)18-11-5-8-14-6-2-1-3-7-14/h1-4,6-7,9-10,13H,5,8,11-12H2,(H,18,19). The molecule has 1 aromatic heterocycles. The molecule has 0 aliphatic carbocycles. The van der Waals surface area contributed by atoms with Crippen LogP contribution in [-0.2, 0) is 12.8 Å². The van der Waals surface area contributed by atoms with Crippen molar-refractivity contribution < 1.29 is 0 Å². The van der Waals surface area contributed by atoms with Gasteiger partial charge in [-0.2, -0.15) is 0 Å². The Balaban J connectivity index is 1.65. The Kier molecular flexibility index (Phi) is 5.50. The SMILES string of the molecule is S=C(Cc1cccnc1)NCCCc1ccccc1. The van der Waals surface area contributed by atoms with Gasteiger partial charge in [-0.15, -0.1) is 0 Å². The lowest BCUT2D eigenvalue weighted by atomic mass is 10.1. The topological polar surface area (TPSA) is 24.9 Å². The van der Waals surface area contributed by atoms with E-state index in [4.69, 9.17) is 12.2 Å². The Hall–Kier alpha value is -1.74. The van der Waals surface area contributed by atoms with Crippen LogP contribution < -0.4 is 5.32 Å². The zero-order valence-corrected chi connectivity index (χ0v) is 11.7. The normalized spacial score (nSPS) is 10.1. The molecule has 19 heavy (non-hydrogen) atoms. The first-order chi connectivity index (χ1) is 9.34. The minimum absolute atomic E-state index is 0.772. The summed E-state index contributed by atoms with van der Waals surface area (Å²) in [5.41, 5.74) is 2.53. The van der Waals surface area contributed by atoms with Gasteiger partial charge in [0, 0.05) is 25.4 Å². The van der Waals surface area contributed by atoms with E-state index in [1.807, 2.05) is 24.4 Å². The van der Waals surface area contributed by atoms with Gasteiger partial charge in [-0.05, 0) is 30.0 Å². The molecule has 0 bridgehead atoms. The van der Waals surface area contributed by atoms with Gasteiger partial charge in [0.1, 0.15) is 0 Å². The fourth-order valence-electron chi connectivity index (χ4n) is 1.92. The van der Waals surface area contributed by atoms with Crippen molar-refractivity contribution in [2.45, 2.75) is 19.3 Å². The summed E-state index contributed by atoms with van der Waals surface area (Å²) in [5.74, 6) is 0. The molecule has 2 aromatic rings. The van der Waals surface area contributed by atoms with Crippen LogP contribution >= 0.6 is 12.2 Å². The highest BCUT2D eigenvalue weighted by Crippen LogP contribution is 2.02. The van der Waals surface area contributed by atoms with Gasteiger partial charge in [0.15, 0.2) is 0 Å². The summed E-state index contributed by atoms with van der Waals surface area (Å²) in [6, 6.07) is 14.5. The molecule has 0 amide bonds. The molecule has 0 aliphatic rings. The molecule has 1 aromatic carbocycles. The Morgan fingerprint density at radius 2 is 1.84 bits per heavy atom. The summed E-state index contributed by atoms with van der Waals surface area (Å²) in [6.07, 6.45) is 6.59. The van der Waals surface area contributed by atoms with Crippen LogP contribution in [0.3, 0.4) is 0 Å². The molecule has 0 saturated heterocycles. The number of nitrogens with zero attached hydrogens (tertiary/aromatic N) is 1. The maximum absolute atomic E-state index is 5.33. The van der Waals surface area contributed by atoms with Gasteiger partial charge in [0.2, 0.25) is 0 Å². The molecule has 3 heteroatoms. The van der Waals surface area contributed by atoms with E-state index in [-0.39, 0.29) is 0 Å². The molecular weight excluding hydrogens is 252 g/mol. The maximum Gasteiger partial charge on any atom is 0.0798 e. The molecular formula is C16H18N2S. The van der Waals surface area contributed by atoms with E-state index >= 15 is 0 Å². The summed E-state index contributed by atoms with van der Waals surface area (Å²) in [7, 11) is 0. The molecule has 1 heterocycles. The van der Waals surface area contributed by atoms with Gasteiger partial charge in [-0.1, -0.05) is 48.6 Å². The summed E-state index contributed by atoms with van der Waals surface area (Å²) in [5, 5.41) is 3.31. The number of hydrogen-bond donors (Lipinski definition) is 1. The number of hydrogen-bond acceptors (Lipinski definition) is 2. The number of nitrogens with one attached hydrogen (secondary N) is 1. The summed E-state index contributed by atoms with van der Waals surface area (Å²) in [4.78, 5) is 4.98. The average Bonchev–Trinajstić information content (AvgIpc) is 2.46. The van der Waals surface area contributed by atoms with Crippen molar-refractivity contribution in [2.75, 3.05) is 6.54 Å². The van der Waals surface area contributed by atoms with E-state index < -0.39 is 0 Å². The number of aromatic nitrogens is 1. The van der Waals surface area contributed by atoms with Crippen LogP contribution in [-0.4, -0.2) is 16.5 Å². The van der Waals surface area contributed by atoms with Crippen LogP contribution in [0.5, 0.6) is 0 Å². The molecule has 0 unspecified atom stereocenters. The predicted molar refractivity (Wildman–Crippen MR) is 83.3 cm³/mol. The van der Waals surface area contributed by atoms with Crippen LogP contribution in [0.25, 0.3) is 0 Å². The van der Waals surface area contributed by atoms with Gasteiger partial charge in [0.25, 0.3) is 0 Å². The summed E-state index contributed by atoms with van der Waals surface area (Å²) < 4.78 is 0. The first-order valence-electron chi connectivity index (χ1n) is 6.54. The third-order valence-corrected chi connectivity index (χ3v) is 3.18. The monoisotopic (exact) mass is 270 g/mol. The molecule has 0 saturated carbocycles. The Morgan fingerprint density at radius 3 is 2.58 bits per heavy atom. The van der Waals surface area contributed by atoms with Crippen molar-refractivity contribution in [3.05, 3.63) is 66.0 Å². The number of benzene rings is 1. The van der Waals surface area contributed by atoms with E-state index in [0.29, 0.717) is 0 Å². The van der Waals surface area contributed by atoms with Gasteiger partial charge in [-0.3, -0.25) is 4.98 Å². The largest absolute Gasteiger partial charge is 0.379 e. The third kappa shape index (κ3) is 5.18. The minimum atomic E-state index is 0.772. The lowest BCUT2D eigenvalue weighted by Gasteiger charge is -2.07. The maximum atomic E-state index is 5.33. The van der Waals surface area contributed by atoms with Crippen molar-refractivity contribution >= 4 is 17.2 Å². The first-order valence-corrected chi connectivity index (χ1v) is 6.95. The van der Waals surface area contributed by atoms with E-state index in [1.54, 1.807) is 6.20 Å². The summed E-state index contributed by atoms with van der Waals surface area (Å²) >= 11 is 5.33. The lowest BCUT2D eigenvalue weighted by Crippen LogP contribution is -2.24. The lowest BCUT2D eigenvalue weighted by molar-refractivity contribution is 0.773. The number of aryl methyl sites for hydroxylation is 1. The highest BCUT2D eigenvalue weighted by molar-refractivity contribution is 7.80. The molecule has 98 valence electrons. The predicted octanol–water partition coefficient (Wildman–Crippen LogP) is 3.17. The molecule has 2 rings (SSSR count). The van der Waals surface area contributed by atoms with Crippen molar-refractivity contribution in [3.63, 3.8) is 0 Å². The van der Waals surface area contributed by atoms with Crippen molar-refractivity contribution in [1.29, 1.82) is 0 Å². The Labute approximate surface area is 119 Å². The molecule has 1 N–H and O–H groups in total. The van der Waals surface area contributed by atoms with Gasteiger partial charge in [-0.25, -0.2) is 0 Å². The van der Waals surface area contributed by atoms with Crippen LogP contribution in [0.1, 0.15) is 17.5 Å². The van der Waals surface area contributed by atoms with Gasteiger partial charge in [0.05, 0.1) is 4.99 Å². The Morgan fingerprint density at radius 1 is 1.05 bits per heavy atom. The second-order valence-electron chi connectivity index (χ2n) is 4.48. The number of thiocarbonyl (C=S) groups is 1. The van der Waals surface area contributed by atoms with Crippen LogP contribution in [0.15, 0.2) is 54.9 Å². The van der Waals surface area contributed by atoms with Crippen LogP contribution in [0, 0.1) is 0 Å². The Bertz CT molecular complexity index is 497. The quantitative estimate of drug-likeness (QED) is 0.644. The second-order valence-corrected chi connectivity index (χ2v) is 4.97. The summed E-state index contributed by atoms with van der Waals surface area (Å²) in [6.45, 7) is 0.925. The van der Waals surface area contributed by atoms with Gasteiger partial charge < -0.3 is 5.32 Å². The van der Waals surface area contributed by atoms with Crippen molar-refractivity contribution in [2.24, 2.45) is 0 Å². The second kappa shape index (κ2) is 7.64. The molecule has 0 atom stereocenters. The fourth-order valence-corrected chi connectivity index (χ4v) is 2.18. The van der Waals surface area contributed by atoms with Crippen LogP contribution in [0.2, 0.25) is 0 Å². The minimum Gasteiger partial charge on any atom is -0.379 e. The van der Waals surface area contributed by atoms with Crippen molar-refractivity contribution in [3.8, 4) is 0 Å². The third-order valence-electron chi connectivity index (χ3n) is 2.89. The van der Waals surface area contributed by atoms with E-state index in [2.05, 4.69) is 34.6 Å². The van der Waals surface area contributed by atoms with E-state index in [1.165, 1.54) is 5.56 Å². The number of pyridine rings is 1. The fraction of sp³-hybridized carbons (Fsp3) is 0.250. The van der Waals surface area contributed by atoms with Crippen molar-refractivity contribution in [1.82, 2.24) is 10.3 Å². The molecule has 0 radical (unpaired) electrons. The molecule has 0 aliphatic heterocycles. The zero-order valence-electron chi connectivity index (χ0n) is 10.9. The smallest absolute Gasteiger partial charge is 0.0798 e. The van der Waals surface area contributed by atoms with E-state index in [0.717, 1.165) is 36.4 Å². The van der Waals surface area contributed by atoms with E-state index in [9.17, 15) is 0 Å². The number of rotatable bonds is 6. The molecule has 2 nitrogen and oxygen atoms in total. The van der Waals surface area contributed by atoms with Crippen LogP contribution in [0.4, 0.5) is 0 Å².